The van der Waals surface area contributed by atoms with E-state index in [0.29, 0.717) is 6.42 Å². The molecule has 0 fully saturated rings. The number of aryl methyl sites for hydroxylation is 3. The summed E-state index contributed by atoms with van der Waals surface area (Å²) in [6, 6.07) is 12.1. The SMILES string of the molecule is Cl.O=C(O)CCc1ccc(-c2csc(CCc3ccncc3)n2)cc1. The van der Waals surface area contributed by atoms with E-state index in [-0.39, 0.29) is 18.8 Å². The van der Waals surface area contributed by atoms with Crippen LogP contribution in [0.2, 0.25) is 0 Å². The Kier molecular flexibility index (Phi) is 7.10. The number of pyridine rings is 1. The smallest absolute Gasteiger partial charge is 0.303 e. The third-order valence-electron chi connectivity index (χ3n) is 3.81. The highest BCUT2D eigenvalue weighted by atomic mass is 35.5. The fraction of sp³-hybridized carbons (Fsp3) is 0.211. The normalized spacial score (nSPS) is 10.2. The molecule has 6 heteroatoms. The number of aliphatic carboxylic acids is 1. The van der Waals surface area contributed by atoms with Crippen molar-refractivity contribution >= 4 is 29.7 Å². The van der Waals surface area contributed by atoms with Crippen LogP contribution in [0.15, 0.2) is 54.2 Å². The molecule has 0 unspecified atom stereocenters. The van der Waals surface area contributed by atoms with Crippen molar-refractivity contribution in [2.24, 2.45) is 0 Å². The Labute approximate surface area is 157 Å². The molecule has 0 spiro atoms. The molecule has 0 radical (unpaired) electrons. The summed E-state index contributed by atoms with van der Waals surface area (Å²) in [5.74, 6) is -0.766. The number of carbonyl (C=O) groups is 1. The molecule has 3 aromatic rings. The molecule has 130 valence electrons. The highest BCUT2D eigenvalue weighted by Gasteiger charge is 2.06. The van der Waals surface area contributed by atoms with E-state index in [1.807, 2.05) is 48.8 Å². The van der Waals surface area contributed by atoms with E-state index >= 15 is 0 Å². The summed E-state index contributed by atoms with van der Waals surface area (Å²) in [4.78, 5) is 19.4. The first-order chi connectivity index (χ1) is 11.7. The van der Waals surface area contributed by atoms with Crippen LogP contribution in [0.25, 0.3) is 11.3 Å². The highest BCUT2D eigenvalue weighted by molar-refractivity contribution is 7.09. The maximum absolute atomic E-state index is 10.6. The van der Waals surface area contributed by atoms with Crippen molar-refractivity contribution in [2.75, 3.05) is 0 Å². The fourth-order valence-corrected chi connectivity index (χ4v) is 3.26. The topological polar surface area (TPSA) is 63.1 Å². The Bertz CT molecular complexity index is 804. The maximum atomic E-state index is 10.6. The van der Waals surface area contributed by atoms with Crippen molar-refractivity contribution in [3.63, 3.8) is 0 Å². The minimum atomic E-state index is -0.766. The Hall–Kier alpha value is -2.24. The highest BCUT2D eigenvalue weighted by Crippen LogP contribution is 2.23. The Morgan fingerprint density at radius 1 is 0.960 bits per heavy atom. The molecule has 4 nitrogen and oxygen atoms in total. The minimum Gasteiger partial charge on any atom is -0.481 e. The molecule has 2 aromatic heterocycles. The lowest BCUT2D eigenvalue weighted by Crippen LogP contribution is -1.97. The molecule has 0 amide bonds. The predicted octanol–water partition coefficient (Wildman–Crippen LogP) is 4.43. The molecule has 1 aromatic carbocycles. The zero-order chi connectivity index (χ0) is 16.8. The largest absolute Gasteiger partial charge is 0.481 e. The van der Waals surface area contributed by atoms with Crippen LogP contribution < -0.4 is 0 Å². The summed E-state index contributed by atoms with van der Waals surface area (Å²) in [7, 11) is 0. The van der Waals surface area contributed by atoms with Gasteiger partial charge in [0.2, 0.25) is 0 Å². The van der Waals surface area contributed by atoms with Crippen molar-refractivity contribution < 1.29 is 9.90 Å². The summed E-state index contributed by atoms with van der Waals surface area (Å²) < 4.78 is 0. The lowest BCUT2D eigenvalue weighted by atomic mass is 10.1. The molecule has 0 atom stereocenters. The summed E-state index contributed by atoms with van der Waals surface area (Å²) in [5, 5.41) is 11.9. The second-order valence-corrected chi connectivity index (χ2v) is 6.52. The number of rotatable bonds is 7. The molecule has 1 N–H and O–H groups in total. The van der Waals surface area contributed by atoms with Crippen molar-refractivity contribution in [1.82, 2.24) is 9.97 Å². The van der Waals surface area contributed by atoms with Crippen LogP contribution in [0.5, 0.6) is 0 Å². The number of aromatic nitrogens is 2. The van der Waals surface area contributed by atoms with Gasteiger partial charge in [0, 0.05) is 36.2 Å². The molecule has 3 rings (SSSR count). The van der Waals surface area contributed by atoms with Gasteiger partial charge in [0.15, 0.2) is 0 Å². The Morgan fingerprint density at radius 2 is 1.64 bits per heavy atom. The van der Waals surface area contributed by atoms with Gasteiger partial charge >= 0.3 is 5.97 Å². The first kappa shape index (κ1) is 19.1. The van der Waals surface area contributed by atoms with Crippen LogP contribution in [0.1, 0.15) is 22.6 Å². The maximum Gasteiger partial charge on any atom is 0.303 e. The number of carboxylic acids is 1. The van der Waals surface area contributed by atoms with E-state index in [2.05, 4.69) is 10.4 Å². The van der Waals surface area contributed by atoms with Crippen LogP contribution in [0.4, 0.5) is 0 Å². The van der Waals surface area contributed by atoms with Gasteiger partial charge < -0.3 is 5.11 Å². The number of halogens is 1. The van der Waals surface area contributed by atoms with Crippen LogP contribution in [-0.2, 0) is 24.1 Å². The fourth-order valence-electron chi connectivity index (χ4n) is 2.45. The molecule has 0 aliphatic carbocycles. The predicted molar refractivity (Wildman–Crippen MR) is 102 cm³/mol. The quantitative estimate of drug-likeness (QED) is 0.664. The first-order valence-corrected chi connectivity index (χ1v) is 8.73. The zero-order valence-corrected chi connectivity index (χ0v) is 15.2. The molecule has 2 heterocycles. The molecule has 0 bridgehead atoms. The van der Waals surface area contributed by atoms with Crippen LogP contribution in [-0.4, -0.2) is 21.0 Å². The van der Waals surface area contributed by atoms with Gasteiger partial charge in [0.25, 0.3) is 0 Å². The van der Waals surface area contributed by atoms with E-state index in [1.165, 1.54) is 5.56 Å². The zero-order valence-electron chi connectivity index (χ0n) is 13.6. The van der Waals surface area contributed by atoms with Gasteiger partial charge in [-0.2, -0.15) is 0 Å². The van der Waals surface area contributed by atoms with Gasteiger partial charge in [-0.3, -0.25) is 9.78 Å². The minimum absolute atomic E-state index is 0. The molecule has 0 saturated carbocycles. The van der Waals surface area contributed by atoms with E-state index in [4.69, 9.17) is 10.1 Å². The number of benzene rings is 1. The molecular weight excluding hydrogens is 356 g/mol. The number of thiazole rings is 1. The summed E-state index contributed by atoms with van der Waals surface area (Å²) in [6.07, 6.45) is 6.23. The van der Waals surface area contributed by atoms with E-state index in [1.54, 1.807) is 11.3 Å². The molecular formula is C19H19ClN2O2S. The van der Waals surface area contributed by atoms with Gasteiger partial charge in [0.1, 0.15) is 0 Å². The van der Waals surface area contributed by atoms with Gasteiger partial charge in [-0.1, -0.05) is 24.3 Å². The molecule has 25 heavy (non-hydrogen) atoms. The van der Waals surface area contributed by atoms with Crippen molar-refractivity contribution in [1.29, 1.82) is 0 Å². The molecule has 0 aliphatic rings. The summed E-state index contributed by atoms with van der Waals surface area (Å²) in [5.41, 5.74) is 4.36. The second kappa shape index (κ2) is 9.30. The average molecular weight is 375 g/mol. The number of nitrogens with zero attached hydrogens (tertiary/aromatic N) is 2. The number of carboxylic acid groups (broad SMARTS) is 1. The monoisotopic (exact) mass is 374 g/mol. The Balaban J connectivity index is 0.00000225. The van der Waals surface area contributed by atoms with Gasteiger partial charge in [-0.15, -0.1) is 23.7 Å². The van der Waals surface area contributed by atoms with E-state index in [0.717, 1.165) is 34.7 Å². The summed E-state index contributed by atoms with van der Waals surface area (Å²) >= 11 is 1.68. The van der Waals surface area contributed by atoms with Gasteiger partial charge in [-0.05, 0) is 36.1 Å². The summed E-state index contributed by atoms with van der Waals surface area (Å²) in [6.45, 7) is 0. The third kappa shape index (κ3) is 5.66. The van der Waals surface area contributed by atoms with Crippen LogP contribution >= 0.6 is 23.7 Å². The number of hydrogen-bond donors (Lipinski definition) is 1. The first-order valence-electron chi connectivity index (χ1n) is 7.85. The lowest BCUT2D eigenvalue weighted by Gasteiger charge is -2.01. The van der Waals surface area contributed by atoms with Crippen molar-refractivity contribution in [3.8, 4) is 11.3 Å². The van der Waals surface area contributed by atoms with E-state index < -0.39 is 5.97 Å². The number of hydrogen-bond acceptors (Lipinski definition) is 4. The second-order valence-electron chi connectivity index (χ2n) is 5.57. The third-order valence-corrected chi connectivity index (χ3v) is 4.71. The van der Waals surface area contributed by atoms with Crippen molar-refractivity contribution in [3.05, 3.63) is 70.3 Å². The standard InChI is InChI=1S/C19H18N2O2S.ClH/c22-19(23)8-4-14-1-5-16(6-2-14)17-13-24-18(21-17)7-3-15-9-11-20-12-10-15;/h1-2,5-6,9-13H,3-4,7-8H2,(H,22,23);1H. The van der Waals surface area contributed by atoms with Gasteiger partial charge in [-0.25, -0.2) is 4.98 Å². The van der Waals surface area contributed by atoms with Crippen LogP contribution in [0.3, 0.4) is 0 Å². The Morgan fingerprint density at radius 3 is 2.32 bits per heavy atom. The lowest BCUT2D eigenvalue weighted by molar-refractivity contribution is -0.136. The van der Waals surface area contributed by atoms with Crippen molar-refractivity contribution in [2.45, 2.75) is 25.7 Å². The van der Waals surface area contributed by atoms with Gasteiger partial charge in [0.05, 0.1) is 10.7 Å². The molecule has 0 saturated heterocycles. The average Bonchev–Trinajstić information content (AvgIpc) is 3.08. The van der Waals surface area contributed by atoms with E-state index in [9.17, 15) is 4.79 Å². The molecule has 0 aliphatic heterocycles. The van der Waals surface area contributed by atoms with Crippen LogP contribution in [0, 0.1) is 0 Å².